The maximum Gasteiger partial charge on any atom is 0.248 e. The minimum absolute atomic E-state index is 0.00955. The Kier molecular flexibility index (Phi) is 12.6. The number of hydrogen-bond acceptors (Lipinski definition) is 6. The third-order valence-corrected chi connectivity index (χ3v) is 3.73. The molecule has 0 saturated heterocycles. The van der Waals surface area contributed by atoms with Crippen molar-refractivity contribution < 1.29 is 34.0 Å². The van der Waals surface area contributed by atoms with Gasteiger partial charge in [-0.3, -0.25) is 4.79 Å². The lowest BCUT2D eigenvalue weighted by atomic mass is 10.2. The summed E-state index contributed by atoms with van der Waals surface area (Å²) in [4.78, 5) is 12.7. The summed E-state index contributed by atoms with van der Waals surface area (Å²) in [5.41, 5.74) is 0. The first-order valence-corrected chi connectivity index (χ1v) is 9.51. The average molecular weight is 433 g/mol. The summed E-state index contributed by atoms with van der Waals surface area (Å²) in [6, 6.07) is 5.48. The van der Waals surface area contributed by atoms with Crippen LogP contribution in [0.15, 0.2) is 60.7 Å². The molecule has 0 aliphatic carbocycles. The summed E-state index contributed by atoms with van der Waals surface area (Å²) in [6.07, 6.45) is 5.73. The van der Waals surface area contributed by atoms with Crippen molar-refractivity contribution >= 4 is 5.91 Å². The summed E-state index contributed by atoms with van der Waals surface area (Å²) in [6.45, 7) is -0.335. The summed E-state index contributed by atoms with van der Waals surface area (Å²) < 4.78 is 23.1. The van der Waals surface area contributed by atoms with Crippen LogP contribution in [0.2, 0.25) is 0 Å². The van der Waals surface area contributed by atoms with Gasteiger partial charge in [-0.25, -0.2) is 4.39 Å². The van der Waals surface area contributed by atoms with Crippen LogP contribution < -0.4 is 4.74 Å². The standard InChI is InChI=1S/C23H28FNO6/c1-25(2)23(29)17-30-16-22(28)21(27)10-8-6-4-3-5-7-9-19(26)15-31-20-13-11-18(24)12-14-20/h4,6-14,19,21-22,26-28H,15-17H2,1-2H3/b6-4+,9-7+,10-8+. The molecule has 0 aliphatic rings. The van der Waals surface area contributed by atoms with Crippen molar-refractivity contribution in [3.05, 3.63) is 66.5 Å². The number of aliphatic hydroxyl groups is 3. The molecule has 0 bridgehead atoms. The number of halogens is 1. The van der Waals surface area contributed by atoms with Crippen LogP contribution in [0, 0.1) is 17.7 Å². The number of carbonyl (C=O) groups is 1. The average Bonchev–Trinajstić information content (AvgIpc) is 2.74. The van der Waals surface area contributed by atoms with Gasteiger partial charge in [0.25, 0.3) is 0 Å². The Hall–Kier alpha value is -2.96. The van der Waals surface area contributed by atoms with Crippen molar-refractivity contribution in [2.45, 2.75) is 18.3 Å². The van der Waals surface area contributed by atoms with Crippen molar-refractivity contribution in [3.8, 4) is 17.6 Å². The van der Waals surface area contributed by atoms with Gasteiger partial charge in [-0.05, 0) is 42.5 Å². The van der Waals surface area contributed by atoms with Gasteiger partial charge in [0.1, 0.15) is 43.1 Å². The van der Waals surface area contributed by atoms with Gasteiger partial charge in [-0.15, -0.1) is 0 Å². The molecule has 0 fully saturated rings. The zero-order chi connectivity index (χ0) is 23.1. The van der Waals surface area contributed by atoms with E-state index in [9.17, 15) is 24.5 Å². The molecule has 1 amide bonds. The SMILES string of the molecule is CN(C)C(=O)COCC(O)C(O)/C=C/C=C/C#C/C=C/C(O)COc1ccc(F)cc1. The van der Waals surface area contributed by atoms with Crippen molar-refractivity contribution in [2.24, 2.45) is 0 Å². The molecule has 8 heteroatoms. The first-order valence-electron chi connectivity index (χ1n) is 9.51. The number of ether oxygens (including phenoxy) is 2. The van der Waals surface area contributed by atoms with E-state index in [0.29, 0.717) is 5.75 Å². The highest BCUT2D eigenvalue weighted by Gasteiger charge is 2.14. The molecule has 1 aromatic carbocycles. The van der Waals surface area contributed by atoms with Crippen molar-refractivity contribution in [1.29, 1.82) is 0 Å². The molecule has 168 valence electrons. The van der Waals surface area contributed by atoms with Crippen molar-refractivity contribution in [2.75, 3.05) is 33.9 Å². The normalized spacial score (nSPS) is 14.4. The van der Waals surface area contributed by atoms with Gasteiger partial charge in [0.15, 0.2) is 0 Å². The van der Waals surface area contributed by atoms with E-state index in [0.717, 1.165) is 0 Å². The fourth-order valence-electron chi connectivity index (χ4n) is 1.93. The van der Waals surface area contributed by atoms with Gasteiger partial charge in [0.2, 0.25) is 5.91 Å². The molecule has 0 saturated carbocycles. The molecule has 3 N–H and O–H groups in total. The highest BCUT2D eigenvalue weighted by Crippen LogP contribution is 2.11. The lowest BCUT2D eigenvalue weighted by Crippen LogP contribution is -2.32. The first kappa shape index (κ1) is 26.1. The Morgan fingerprint density at radius 2 is 1.74 bits per heavy atom. The Balaban J connectivity index is 2.26. The van der Waals surface area contributed by atoms with Crippen LogP contribution in [0.25, 0.3) is 0 Å². The second kappa shape index (κ2) is 14.9. The first-order chi connectivity index (χ1) is 14.8. The number of benzene rings is 1. The van der Waals surface area contributed by atoms with Crippen molar-refractivity contribution in [1.82, 2.24) is 4.90 Å². The molecule has 1 rings (SSSR count). The molecule has 3 atom stereocenters. The highest BCUT2D eigenvalue weighted by atomic mass is 19.1. The van der Waals surface area contributed by atoms with Gasteiger partial charge in [-0.1, -0.05) is 30.1 Å². The monoisotopic (exact) mass is 433 g/mol. The van der Waals surface area contributed by atoms with E-state index >= 15 is 0 Å². The number of carbonyl (C=O) groups excluding carboxylic acids is 1. The van der Waals surface area contributed by atoms with Gasteiger partial charge < -0.3 is 29.7 Å². The minimum atomic E-state index is -1.16. The molecular weight excluding hydrogens is 405 g/mol. The highest BCUT2D eigenvalue weighted by molar-refractivity contribution is 5.76. The number of amides is 1. The molecule has 31 heavy (non-hydrogen) atoms. The lowest BCUT2D eigenvalue weighted by molar-refractivity contribution is -0.135. The van der Waals surface area contributed by atoms with E-state index in [4.69, 9.17) is 9.47 Å². The van der Waals surface area contributed by atoms with Crippen LogP contribution >= 0.6 is 0 Å². The maximum atomic E-state index is 12.8. The molecule has 0 aliphatic heterocycles. The van der Waals surface area contributed by atoms with E-state index in [1.54, 1.807) is 20.2 Å². The van der Waals surface area contributed by atoms with E-state index in [-0.39, 0.29) is 31.5 Å². The number of allylic oxidation sites excluding steroid dienone is 4. The van der Waals surface area contributed by atoms with E-state index in [2.05, 4.69) is 11.8 Å². The fraction of sp³-hybridized carbons (Fsp3) is 0.348. The lowest BCUT2D eigenvalue weighted by Gasteiger charge is -2.15. The van der Waals surface area contributed by atoms with Crippen LogP contribution in [-0.4, -0.2) is 78.4 Å². The summed E-state index contributed by atoms with van der Waals surface area (Å²) in [5, 5.41) is 29.3. The molecule has 1 aromatic rings. The maximum absolute atomic E-state index is 12.8. The number of nitrogens with zero attached hydrogens (tertiary/aromatic N) is 1. The predicted octanol–water partition coefficient (Wildman–Crippen LogP) is 1.06. The largest absolute Gasteiger partial charge is 0.491 e. The van der Waals surface area contributed by atoms with Crippen LogP contribution in [0.3, 0.4) is 0 Å². The Morgan fingerprint density at radius 3 is 2.42 bits per heavy atom. The Morgan fingerprint density at radius 1 is 1.06 bits per heavy atom. The van der Waals surface area contributed by atoms with Crippen molar-refractivity contribution in [3.63, 3.8) is 0 Å². The smallest absolute Gasteiger partial charge is 0.248 e. The van der Waals surface area contributed by atoms with E-state index in [1.165, 1.54) is 59.5 Å². The molecule has 0 radical (unpaired) electrons. The van der Waals surface area contributed by atoms with Crippen LogP contribution in [0.4, 0.5) is 4.39 Å². The molecular formula is C23H28FNO6. The summed E-state index contributed by atoms with van der Waals surface area (Å²) >= 11 is 0. The summed E-state index contributed by atoms with van der Waals surface area (Å²) in [5.74, 6) is 5.26. The molecule has 0 spiro atoms. The molecule has 3 unspecified atom stereocenters. The third-order valence-electron chi connectivity index (χ3n) is 3.73. The Labute approximate surface area is 181 Å². The number of rotatable bonds is 11. The second-order valence-corrected chi connectivity index (χ2v) is 6.59. The summed E-state index contributed by atoms with van der Waals surface area (Å²) in [7, 11) is 3.19. The molecule has 0 heterocycles. The second-order valence-electron chi connectivity index (χ2n) is 6.59. The van der Waals surface area contributed by atoms with Gasteiger partial charge >= 0.3 is 0 Å². The Bertz CT molecular complexity index is 808. The van der Waals surface area contributed by atoms with Crippen LogP contribution in [-0.2, 0) is 9.53 Å². The topological polar surface area (TPSA) is 99.5 Å². The zero-order valence-corrected chi connectivity index (χ0v) is 17.5. The zero-order valence-electron chi connectivity index (χ0n) is 17.5. The van der Waals surface area contributed by atoms with E-state index in [1.807, 2.05) is 0 Å². The predicted molar refractivity (Wildman–Crippen MR) is 115 cm³/mol. The molecule has 7 nitrogen and oxygen atoms in total. The number of likely N-dealkylation sites (N-methyl/N-ethyl adjacent to an activating group) is 1. The third kappa shape index (κ3) is 12.4. The van der Waals surface area contributed by atoms with Crippen LogP contribution in [0.5, 0.6) is 5.75 Å². The van der Waals surface area contributed by atoms with E-state index < -0.39 is 18.3 Å². The molecule has 0 aromatic heterocycles. The minimum Gasteiger partial charge on any atom is -0.491 e. The van der Waals surface area contributed by atoms with Gasteiger partial charge in [0, 0.05) is 14.1 Å². The van der Waals surface area contributed by atoms with Gasteiger partial charge in [0.05, 0.1) is 6.61 Å². The van der Waals surface area contributed by atoms with Crippen LogP contribution in [0.1, 0.15) is 0 Å². The number of hydrogen-bond donors (Lipinski definition) is 3. The fourth-order valence-corrected chi connectivity index (χ4v) is 1.93. The number of aliphatic hydroxyl groups excluding tert-OH is 3. The quantitative estimate of drug-likeness (QED) is 0.357. The van der Waals surface area contributed by atoms with Gasteiger partial charge in [-0.2, -0.15) is 0 Å².